The van der Waals surface area contributed by atoms with Crippen LogP contribution in [0.15, 0.2) is 23.6 Å². The van der Waals surface area contributed by atoms with Crippen LogP contribution in [0.4, 0.5) is 5.82 Å². The maximum atomic E-state index is 11.9. The summed E-state index contributed by atoms with van der Waals surface area (Å²) in [7, 11) is 1.50. The SMILES string of the molecule is C/C=c1/c(C=O)c(N)n(-c2c(C)ccc(O)c2C)/c1=c1\sccc1=C(C)C.CN. The van der Waals surface area contributed by atoms with E-state index in [-0.39, 0.29) is 5.75 Å². The Morgan fingerprint density at radius 1 is 1.17 bits per heavy atom. The Morgan fingerprint density at radius 3 is 2.38 bits per heavy atom. The number of benzene rings is 1. The second-order valence-corrected chi connectivity index (χ2v) is 7.76. The van der Waals surface area contributed by atoms with Gasteiger partial charge in [0.2, 0.25) is 0 Å². The summed E-state index contributed by atoms with van der Waals surface area (Å²) >= 11 is 1.62. The van der Waals surface area contributed by atoms with Crippen LogP contribution in [0.2, 0.25) is 0 Å². The Bertz CT molecular complexity index is 1260. The molecule has 154 valence electrons. The molecule has 0 unspecified atom stereocenters. The molecule has 5 N–H and O–H groups in total. The molecule has 0 bridgehead atoms. The molecule has 29 heavy (non-hydrogen) atoms. The summed E-state index contributed by atoms with van der Waals surface area (Å²) in [6.45, 7) is 9.90. The Morgan fingerprint density at radius 2 is 1.83 bits per heavy atom. The van der Waals surface area contributed by atoms with Gasteiger partial charge < -0.3 is 16.6 Å². The lowest BCUT2D eigenvalue weighted by molar-refractivity contribution is 0.112. The number of aromatic hydroxyl groups is 1. The highest BCUT2D eigenvalue weighted by Crippen LogP contribution is 2.29. The van der Waals surface area contributed by atoms with E-state index in [1.54, 1.807) is 17.4 Å². The molecule has 0 aliphatic heterocycles. The Hall–Kier alpha value is -2.83. The van der Waals surface area contributed by atoms with E-state index in [1.807, 2.05) is 42.9 Å². The fourth-order valence-corrected chi connectivity index (χ4v) is 4.61. The predicted octanol–water partition coefficient (Wildman–Crippen LogP) is 3.11. The zero-order chi connectivity index (χ0) is 21.9. The number of phenols is 1. The highest BCUT2D eigenvalue weighted by Gasteiger charge is 2.18. The van der Waals surface area contributed by atoms with Crippen LogP contribution in [0.25, 0.3) is 17.3 Å². The molecule has 1 aromatic carbocycles. The number of rotatable bonds is 2. The fourth-order valence-electron chi connectivity index (χ4n) is 3.55. The van der Waals surface area contributed by atoms with Crippen molar-refractivity contribution in [3.63, 3.8) is 0 Å². The van der Waals surface area contributed by atoms with Crippen molar-refractivity contribution < 1.29 is 9.90 Å². The van der Waals surface area contributed by atoms with Crippen molar-refractivity contribution in [2.45, 2.75) is 34.6 Å². The van der Waals surface area contributed by atoms with Crippen LogP contribution < -0.4 is 21.9 Å². The molecule has 0 spiro atoms. The minimum Gasteiger partial charge on any atom is -0.508 e. The predicted molar refractivity (Wildman–Crippen MR) is 123 cm³/mol. The Balaban J connectivity index is 0.00000145. The molecule has 0 fully saturated rings. The fraction of sp³-hybridized carbons (Fsp3) is 0.261. The molecule has 2 aromatic heterocycles. The number of aromatic nitrogens is 1. The third-order valence-corrected chi connectivity index (χ3v) is 5.86. The van der Waals surface area contributed by atoms with Gasteiger partial charge >= 0.3 is 0 Å². The van der Waals surface area contributed by atoms with Gasteiger partial charge in [0.15, 0.2) is 6.29 Å². The summed E-state index contributed by atoms with van der Waals surface area (Å²) in [5.74, 6) is 0.590. The van der Waals surface area contributed by atoms with Crippen LogP contribution in [0, 0.1) is 23.7 Å². The van der Waals surface area contributed by atoms with Crippen molar-refractivity contribution in [1.82, 2.24) is 4.57 Å². The maximum absolute atomic E-state index is 11.9. The number of nitrogens with two attached hydrogens (primary N) is 2. The number of aldehydes is 1. The van der Waals surface area contributed by atoms with Gasteiger partial charge in [-0.25, -0.2) is 0 Å². The third-order valence-electron chi connectivity index (χ3n) is 4.94. The van der Waals surface area contributed by atoms with Crippen LogP contribution in [-0.2, 0) is 0 Å². The number of aryl methyl sites for hydroxylation is 1. The number of hydrogen-bond acceptors (Lipinski definition) is 5. The van der Waals surface area contributed by atoms with Gasteiger partial charge in [-0.15, -0.1) is 11.3 Å². The second kappa shape index (κ2) is 9.11. The first kappa shape index (κ1) is 22.5. The molecule has 0 aliphatic carbocycles. The summed E-state index contributed by atoms with van der Waals surface area (Å²) < 4.78 is 2.98. The van der Waals surface area contributed by atoms with Crippen molar-refractivity contribution in [3.05, 3.63) is 60.6 Å². The Kier molecular flexibility index (Phi) is 7.06. The van der Waals surface area contributed by atoms with Crippen molar-refractivity contribution in [1.29, 1.82) is 0 Å². The van der Waals surface area contributed by atoms with E-state index in [2.05, 4.69) is 25.6 Å². The number of carbonyl (C=O) groups is 1. The lowest BCUT2D eigenvalue weighted by atomic mass is 10.1. The van der Waals surface area contributed by atoms with E-state index < -0.39 is 0 Å². The van der Waals surface area contributed by atoms with Crippen molar-refractivity contribution >= 4 is 35.1 Å². The first-order valence-corrected chi connectivity index (χ1v) is 10.3. The van der Waals surface area contributed by atoms with Crippen LogP contribution in [0.3, 0.4) is 0 Å². The third kappa shape index (κ3) is 3.73. The first-order valence-electron chi connectivity index (χ1n) is 9.37. The van der Waals surface area contributed by atoms with Crippen LogP contribution in [-0.4, -0.2) is 23.0 Å². The van der Waals surface area contributed by atoms with Crippen molar-refractivity contribution in [2.75, 3.05) is 12.8 Å². The zero-order valence-corrected chi connectivity index (χ0v) is 18.6. The number of thiophene rings is 1. The van der Waals surface area contributed by atoms with Crippen molar-refractivity contribution in [2.24, 2.45) is 5.73 Å². The lowest BCUT2D eigenvalue weighted by Crippen LogP contribution is -2.12. The number of phenolic OH excluding ortho intramolecular Hbond substituents is 1. The van der Waals surface area contributed by atoms with E-state index in [1.165, 1.54) is 12.6 Å². The topological polar surface area (TPSA) is 94.3 Å². The molecule has 3 rings (SSSR count). The van der Waals surface area contributed by atoms with E-state index in [4.69, 9.17) is 5.73 Å². The molecule has 0 saturated heterocycles. The number of nitrogens with zero attached hydrogens (tertiary/aromatic N) is 1. The number of nitrogen functional groups attached to an aromatic ring is 1. The minimum absolute atomic E-state index is 0.203. The van der Waals surface area contributed by atoms with E-state index in [9.17, 15) is 9.90 Å². The summed E-state index contributed by atoms with van der Waals surface area (Å²) in [6.07, 6.45) is 2.74. The summed E-state index contributed by atoms with van der Waals surface area (Å²) in [5.41, 5.74) is 15.2. The summed E-state index contributed by atoms with van der Waals surface area (Å²) in [4.78, 5) is 11.9. The molecule has 5 nitrogen and oxygen atoms in total. The minimum atomic E-state index is 0.203. The molecule has 0 saturated carbocycles. The monoisotopic (exact) mass is 411 g/mol. The summed E-state index contributed by atoms with van der Waals surface area (Å²) in [5, 5.41) is 15.2. The van der Waals surface area contributed by atoms with Gasteiger partial charge in [0.25, 0.3) is 0 Å². The molecule has 0 radical (unpaired) electrons. The molecular formula is C23H29N3O2S. The van der Waals surface area contributed by atoms with Gasteiger partial charge in [0, 0.05) is 10.8 Å². The molecule has 2 heterocycles. The van der Waals surface area contributed by atoms with Gasteiger partial charge in [-0.05, 0) is 70.0 Å². The molecule has 0 amide bonds. The average Bonchev–Trinajstić information content (AvgIpc) is 3.29. The van der Waals surface area contributed by atoms with Gasteiger partial charge in [0.1, 0.15) is 11.6 Å². The highest BCUT2D eigenvalue weighted by molar-refractivity contribution is 7.08. The van der Waals surface area contributed by atoms with Gasteiger partial charge in [-0.3, -0.25) is 9.36 Å². The smallest absolute Gasteiger partial charge is 0.154 e. The molecule has 0 atom stereocenters. The largest absolute Gasteiger partial charge is 0.508 e. The van der Waals surface area contributed by atoms with E-state index in [0.717, 1.165) is 43.4 Å². The molecular weight excluding hydrogens is 382 g/mol. The van der Waals surface area contributed by atoms with Gasteiger partial charge in [-0.1, -0.05) is 17.7 Å². The molecule has 3 aromatic rings. The second-order valence-electron chi connectivity index (χ2n) is 6.84. The number of anilines is 1. The maximum Gasteiger partial charge on any atom is 0.154 e. The van der Waals surface area contributed by atoms with Crippen LogP contribution in [0.1, 0.15) is 42.3 Å². The number of carbonyl (C=O) groups excluding carboxylic acids is 1. The van der Waals surface area contributed by atoms with Crippen molar-refractivity contribution in [3.8, 4) is 11.4 Å². The van der Waals surface area contributed by atoms with E-state index in [0.29, 0.717) is 11.4 Å². The number of hydrogen-bond donors (Lipinski definition) is 3. The van der Waals surface area contributed by atoms with Gasteiger partial charge in [-0.2, -0.15) is 0 Å². The van der Waals surface area contributed by atoms with Crippen LogP contribution in [0.5, 0.6) is 5.75 Å². The molecule has 6 heteroatoms. The molecule has 0 aliphatic rings. The standard InChI is InChI=1S/C22H24N2O2S.CH5N/c1-6-15-17(11-25)22(23)24(19-13(4)7-8-18(26)14(19)5)20(15)21-16(12(2)3)9-10-27-21;1-2/h6-11,26H,23H2,1-5H3;2H2,1H3/b15-6-,21-20-;. The lowest BCUT2D eigenvalue weighted by Gasteiger charge is -2.15. The first-order chi connectivity index (χ1) is 13.8. The van der Waals surface area contributed by atoms with Crippen LogP contribution >= 0.6 is 11.3 Å². The normalized spacial score (nSPS) is 12.4. The Labute approximate surface area is 174 Å². The zero-order valence-electron chi connectivity index (χ0n) is 17.8. The van der Waals surface area contributed by atoms with Gasteiger partial charge in [0.05, 0.1) is 21.1 Å². The highest BCUT2D eigenvalue weighted by atomic mass is 32.1. The summed E-state index contributed by atoms with van der Waals surface area (Å²) in [6, 6.07) is 5.63. The average molecular weight is 412 g/mol. The quantitative estimate of drug-likeness (QED) is 0.565. The van der Waals surface area contributed by atoms with E-state index >= 15 is 0 Å².